The van der Waals surface area contributed by atoms with E-state index in [9.17, 15) is 5.11 Å². The van der Waals surface area contributed by atoms with Gasteiger partial charge < -0.3 is 9.52 Å². The largest absolute Gasteiger partial charge is 0.472 e. The Morgan fingerprint density at radius 3 is 2.69 bits per heavy atom. The maximum atomic E-state index is 10.5. The first kappa shape index (κ1) is 11.4. The van der Waals surface area contributed by atoms with E-state index in [0.717, 1.165) is 15.6 Å². The Hall–Kier alpha value is -1.06. The van der Waals surface area contributed by atoms with Gasteiger partial charge in [-0.1, -0.05) is 34.1 Å². The van der Waals surface area contributed by atoms with Crippen molar-refractivity contribution in [3.63, 3.8) is 0 Å². The zero-order chi connectivity index (χ0) is 11.6. The summed E-state index contributed by atoms with van der Waals surface area (Å²) in [4.78, 5) is 0. The summed E-state index contributed by atoms with van der Waals surface area (Å²) >= 11 is 3.45. The van der Waals surface area contributed by atoms with Crippen molar-refractivity contribution in [2.24, 2.45) is 0 Å². The van der Waals surface area contributed by atoms with Crippen molar-refractivity contribution in [3.05, 3.63) is 58.5 Å². The highest BCUT2D eigenvalue weighted by molar-refractivity contribution is 9.10. The van der Waals surface area contributed by atoms with Crippen LogP contribution in [-0.2, 0) is 12.0 Å². The third kappa shape index (κ3) is 2.36. The summed E-state index contributed by atoms with van der Waals surface area (Å²) in [5.41, 5.74) is 0.973. The van der Waals surface area contributed by atoms with Crippen molar-refractivity contribution in [2.75, 3.05) is 0 Å². The lowest BCUT2D eigenvalue weighted by atomic mass is 9.90. The highest BCUT2D eigenvalue weighted by Crippen LogP contribution is 2.31. The maximum absolute atomic E-state index is 10.5. The minimum absolute atomic E-state index is 0.534. The Bertz CT molecular complexity index is 461. The van der Waals surface area contributed by atoms with E-state index in [1.165, 1.54) is 0 Å². The van der Waals surface area contributed by atoms with Gasteiger partial charge >= 0.3 is 0 Å². The fraction of sp³-hybridized carbons (Fsp3) is 0.231. The van der Waals surface area contributed by atoms with Crippen molar-refractivity contribution in [1.82, 2.24) is 0 Å². The summed E-state index contributed by atoms with van der Waals surface area (Å²) in [5, 5.41) is 10.5. The van der Waals surface area contributed by atoms with Gasteiger partial charge in [-0.2, -0.15) is 0 Å². The van der Waals surface area contributed by atoms with E-state index in [-0.39, 0.29) is 0 Å². The molecule has 1 N–H and O–H groups in total. The van der Waals surface area contributed by atoms with Crippen LogP contribution >= 0.6 is 15.9 Å². The molecule has 0 aliphatic rings. The van der Waals surface area contributed by atoms with Crippen LogP contribution in [0.25, 0.3) is 0 Å². The lowest BCUT2D eigenvalue weighted by Crippen LogP contribution is -2.24. The van der Waals surface area contributed by atoms with Gasteiger partial charge in [0.1, 0.15) is 0 Å². The van der Waals surface area contributed by atoms with Crippen LogP contribution in [0.15, 0.2) is 51.7 Å². The van der Waals surface area contributed by atoms with Gasteiger partial charge in [-0.3, -0.25) is 0 Å². The standard InChI is InChI=1S/C13H13BrO2/c1-13(15,8-10-6-7-16-9-10)11-4-2-3-5-12(11)14/h2-7,9,15H,8H2,1H3. The predicted molar refractivity (Wildman–Crippen MR) is 66.1 cm³/mol. The van der Waals surface area contributed by atoms with Crippen LogP contribution in [0.1, 0.15) is 18.1 Å². The third-order valence-electron chi connectivity index (χ3n) is 2.58. The summed E-state index contributed by atoms with van der Waals surface area (Å²) in [7, 11) is 0. The molecule has 0 fully saturated rings. The lowest BCUT2D eigenvalue weighted by Gasteiger charge is -2.24. The molecule has 1 atom stereocenters. The summed E-state index contributed by atoms with van der Waals surface area (Å²) in [6.07, 6.45) is 3.81. The van der Waals surface area contributed by atoms with E-state index < -0.39 is 5.60 Å². The molecule has 2 aromatic rings. The Morgan fingerprint density at radius 1 is 1.31 bits per heavy atom. The topological polar surface area (TPSA) is 33.4 Å². The van der Waals surface area contributed by atoms with Gasteiger partial charge in [-0.25, -0.2) is 0 Å². The van der Waals surface area contributed by atoms with Crippen molar-refractivity contribution in [1.29, 1.82) is 0 Å². The van der Waals surface area contributed by atoms with Crippen LogP contribution in [0.5, 0.6) is 0 Å². The molecule has 0 aliphatic carbocycles. The second kappa shape index (κ2) is 4.44. The number of rotatable bonds is 3. The minimum atomic E-state index is -0.899. The zero-order valence-electron chi connectivity index (χ0n) is 8.98. The average Bonchev–Trinajstić information content (AvgIpc) is 2.70. The first-order valence-electron chi connectivity index (χ1n) is 5.08. The van der Waals surface area contributed by atoms with E-state index in [4.69, 9.17) is 4.42 Å². The molecule has 1 aromatic carbocycles. The monoisotopic (exact) mass is 280 g/mol. The number of hydrogen-bond donors (Lipinski definition) is 1. The fourth-order valence-corrected chi connectivity index (χ4v) is 2.50. The molecule has 0 bridgehead atoms. The fourth-order valence-electron chi connectivity index (χ4n) is 1.78. The summed E-state index contributed by atoms with van der Waals surface area (Å²) in [6, 6.07) is 9.57. The Morgan fingerprint density at radius 2 is 2.06 bits per heavy atom. The van der Waals surface area contributed by atoms with Gasteiger partial charge in [0.15, 0.2) is 0 Å². The van der Waals surface area contributed by atoms with Crippen molar-refractivity contribution >= 4 is 15.9 Å². The smallest absolute Gasteiger partial charge is 0.0935 e. The van der Waals surface area contributed by atoms with Gasteiger partial charge in [0.2, 0.25) is 0 Å². The molecular formula is C13H13BrO2. The molecule has 2 rings (SSSR count). The average molecular weight is 281 g/mol. The van der Waals surface area contributed by atoms with E-state index in [1.54, 1.807) is 19.5 Å². The van der Waals surface area contributed by atoms with Crippen molar-refractivity contribution < 1.29 is 9.52 Å². The van der Waals surface area contributed by atoms with Gasteiger partial charge in [0.25, 0.3) is 0 Å². The van der Waals surface area contributed by atoms with Crippen LogP contribution in [0.2, 0.25) is 0 Å². The van der Waals surface area contributed by atoms with Gasteiger partial charge in [-0.15, -0.1) is 0 Å². The number of halogens is 1. The Kier molecular flexibility index (Phi) is 3.17. The summed E-state index contributed by atoms with van der Waals surface area (Å²) in [5.74, 6) is 0. The first-order valence-corrected chi connectivity index (χ1v) is 5.87. The van der Waals surface area contributed by atoms with E-state index in [1.807, 2.05) is 30.3 Å². The minimum Gasteiger partial charge on any atom is -0.472 e. The molecule has 0 spiro atoms. The summed E-state index contributed by atoms with van der Waals surface area (Å²) < 4.78 is 5.92. The molecule has 1 unspecified atom stereocenters. The second-order valence-corrected chi connectivity index (χ2v) is 4.92. The van der Waals surface area contributed by atoms with Crippen molar-refractivity contribution in [3.8, 4) is 0 Å². The molecule has 84 valence electrons. The molecule has 0 aliphatic heterocycles. The predicted octanol–water partition coefficient (Wildman–Crippen LogP) is 3.49. The van der Waals surface area contributed by atoms with Gasteiger partial charge in [-0.05, 0) is 30.2 Å². The highest BCUT2D eigenvalue weighted by Gasteiger charge is 2.25. The van der Waals surface area contributed by atoms with Crippen LogP contribution in [0.3, 0.4) is 0 Å². The van der Waals surface area contributed by atoms with E-state index >= 15 is 0 Å². The molecule has 0 radical (unpaired) electrons. The molecule has 0 saturated carbocycles. The van der Waals surface area contributed by atoms with Crippen LogP contribution in [0.4, 0.5) is 0 Å². The van der Waals surface area contributed by atoms with Crippen LogP contribution in [-0.4, -0.2) is 5.11 Å². The molecule has 16 heavy (non-hydrogen) atoms. The molecule has 1 aromatic heterocycles. The highest BCUT2D eigenvalue weighted by atomic mass is 79.9. The quantitative estimate of drug-likeness (QED) is 0.934. The number of aliphatic hydroxyl groups is 1. The van der Waals surface area contributed by atoms with E-state index in [0.29, 0.717) is 6.42 Å². The number of benzene rings is 1. The number of furan rings is 1. The van der Waals surface area contributed by atoms with Gasteiger partial charge in [0.05, 0.1) is 18.1 Å². The van der Waals surface area contributed by atoms with Crippen molar-refractivity contribution in [2.45, 2.75) is 18.9 Å². The van der Waals surface area contributed by atoms with Crippen LogP contribution < -0.4 is 0 Å². The molecule has 3 heteroatoms. The zero-order valence-corrected chi connectivity index (χ0v) is 10.6. The van der Waals surface area contributed by atoms with E-state index in [2.05, 4.69) is 15.9 Å². The molecular weight excluding hydrogens is 268 g/mol. The normalized spacial score (nSPS) is 14.7. The SMILES string of the molecule is CC(O)(Cc1ccoc1)c1ccccc1Br. The first-order chi connectivity index (χ1) is 7.59. The third-order valence-corrected chi connectivity index (χ3v) is 3.27. The Labute approximate surface area is 103 Å². The molecule has 0 amide bonds. The lowest BCUT2D eigenvalue weighted by molar-refractivity contribution is 0.0567. The second-order valence-electron chi connectivity index (χ2n) is 4.06. The number of hydrogen-bond acceptors (Lipinski definition) is 2. The molecule has 0 saturated heterocycles. The molecule has 1 heterocycles. The van der Waals surface area contributed by atoms with Gasteiger partial charge in [0, 0.05) is 10.9 Å². The summed E-state index contributed by atoms with van der Waals surface area (Å²) in [6.45, 7) is 1.81. The molecule has 2 nitrogen and oxygen atoms in total. The van der Waals surface area contributed by atoms with Crippen LogP contribution in [0, 0.1) is 0 Å². The Balaban J connectivity index is 2.28. The maximum Gasteiger partial charge on any atom is 0.0935 e.